The highest BCUT2D eigenvalue weighted by Crippen LogP contribution is 2.25. The van der Waals surface area contributed by atoms with Crippen molar-refractivity contribution in [2.45, 2.75) is 52.5 Å². The molecule has 1 aliphatic heterocycles. The van der Waals surface area contributed by atoms with E-state index in [2.05, 4.69) is 10.6 Å². The van der Waals surface area contributed by atoms with Crippen LogP contribution in [-0.4, -0.2) is 38.1 Å². The van der Waals surface area contributed by atoms with Crippen molar-refractivity contribution in [2.24, 2.45) is 5.92 Å². The molecule has 0 saturated heterocycles. The van der Waals surface area contributed by atoms with Crippen LogP contribution < -0.4 is 20.3 Å². The van der Waals surface area contributed by atoms with Crippen LogP contribution in [0.25, 0.3) is 0 Å². The lowest BCUT2D eigenvalue weighted by Crippen LogP contribution is -2.36. The second kappa shape index (κ2) is 13.0. The fourth-order valence-electron chi connectivity index (χ4n) is 4.02. The van der Waals surface area contributed by atoms with Crippen LogP contribution in [0.15, 0.2) is 48.5 Å². The second-order valence-corrected chi connectivity index (χ2v) is 8.85. The van der Waals surface area contributed by atoms with E-state index in [1.165, 1.54) is 12.8 Å². The normalized spacial score (nSPS) is 15.2. The van der Waals surface area contributed by atoms with Gasteiger partial charge in [-0.1, -0.05) is 51.3 Å². The number of rotatable bonds is 6. The van der Waals surface area contributed by atoms with Gasteiger partial charge < -0.3 is 20.3 Å². The molecule has 0 radical (unpaired) electrons. The van der Waals surface area contributed by atoms with Crippen LogP contribution in [0.3, 0.4) is 0 Å². The highest BCUT2D eigenvalue weighted by Gasteiger charge is 2.22. The number of nitrogens with zero attached hydrogens (tertiary/aromatic N) is 1. The van der Waals surface area contributed by atoms with E-state index in [-0.39, 0.29) is 17.7 Å². The minimum absolute atomic E-state index is 0.0775. The fourth-order valence-corrected chi connectivity index (χ4v) is 4.02. The zero-order valence-electron chi connectivity index (χ0n) is 19.9. The number of para-hydroxylation sites is 1. The van der Waals surface area contributed by atoms with Gasteiger partial charge in [-0.15, -0.1) is 0 Å². The Balaban J connectivity index is 1.71. The van der Waals surface area contributed by atoms with Crippen molar-refractivity contribution in [1.82, 2.24) is 10.6 Å². The van der Waals surface area contributed by atoms with Crippen molar-refractivity contribution < 1.29 is 14.3 Å². The lowest BCUT2D eigenvalue weighted by molar-refractivity contribution is -0.121. The van der Waals surface area contributed by atoms with E-state index in [1.54, 1.807) is 0 Å². The maximum absolute atomic E-state index is 13.0. The smallest absolute Gasteiger partial charge is 0.251 e. The summed E-state index contributed by atoms with van der Waals surface area (Å²) in [5, 5.41) is 6.43. The quantitative estimate of drug-likeness (QED) is 0.633. The van der Waals surface area contributed by atoms with Gasteiger partial charge in [0.1, 0.15) is 12.4 Å². The van der Waals surface area contributed by atoms with Gasteiger partial charge in [0.2, 0.25) is 5.91 Å². The van der Waals surface area contributed by atoms with E-state index >= 15 is 0 Å². The molecule has 0 spiro atoms. The predicted molar refractivity (Wildman–Crippen MR) is 133 cm³/mol. The first-order valence-electron chi connectivity index (χ1n) is 12.2. The van der Waals surface area contributed by atoms with E-state index in [9.17, 15) is 9.59 Å². The number of nitrogens with one attached hydrogen (secondary N) is 2. The van der Waals surface area contributed by atoms with Gasteiger partial charge in [-0.05, 0) is 55.3 Å². The third kappa shape index (κ3) is 7.60. The second-order valence-electron chi connectivity index (χ2n) is 8.85. The number of hydrogen-bond donors (Lipinski definition) is 2. The number of anilines is 1. The van der Waals surface area contributed by atoms with E-state index in [4.69, 9.17) is 4.74 Å². The molecule has 0 aliphatic carbocycles. The third-order valence-electron chi connectivity index (χ3n) is 5.84. The molecule has 2 aromatic carbocycles. The topological polar surface area (TPSA) is 70.7 Å². The molecule has 2 amide bonds. The predicted octanol–water partition coefficient (Wildman–Crippen LogP) is 4.54. The number of carbonyl (C=O) groups is 2. The standard InChI is InChI=1S/C27H37N3O3/c1-21(2)27(32)30-17-10-5-3-4-9-15-28-20-23-19-22(13-14-25(23)30)26(31)29-16-18-33-24-11-7-6-8-12-24/h6-8,11-14,19,21,28H,3-5,9-10,15-18,20H2,1-2H3,(H,29,31). The van der Waals surface area contributed by atoms with Gasteiger partial charge in [0.25, 0.3) is 5.91 Å². The van der Waals surface area contributed by atoms with Gasteiger partial charge in [-0.3, -0.25) is 9.59 Å². The lowest BCUT2D eigenvalue weighted by atomic mass is 10.0. The van der Waals surface area contributed by atoms with Crippen LogP contribution in [0.5, 0.6) is 5.75 Å². The van der Waals surface area contributed by atoms with Gasteiger partial charge in [-0.2, -0.15) is 0 Å². The molecule has 0 fully saturated rings. The Morgan fingerprint density at radius 2 is 1.79 bits per heavy atom. The first-order valence-corrected chi connectivity index (χ1v) is 12.2. The molecule has 3 rings (SSSR count). The highest BCUT2D eigenvalue weighted by molar-refractivity contribution is 5.98. The number of amides is 2. The zero-order chi connectivity index (χ0) is 23.5. The number of benzene rings is 2. The molecule has 0 bridgehead atoms. The number of hydrogen-bond acceptors (Lipinski definition) is 4. The van der Waals surface area contributed by atoms with Gasteiger partial charge in [0.05, 0.1) is 6.54 Å². The highest BCUT2D eigenvalue weighted by atomic mass is 16.5. The van der Waals surface area contributed by atoms with Crippen LogP contribution in [0.2, 0.25) is 0 Å². The SMILES string of the molecule is CC(C)C(=O)N1CCCCCCCNCc2cc(C(=O)NCCOc3ccccc3)ccc21. The Morgan fingerprint density at radius 1 is 1.03 bits per heavy atom. The first kappa shape index (κ1) is 24.8. The summed E-state index contributed by atoms with van der Waals surface area (Å²) in [6, 6.07) is 15.2. The number of fused-ring (bicyclic) bond motifs is 1. The van der Waals surface area contributed by atoms with Crippen molar-refractivity contribution >= 4 is 17.5 Å². The monoisotopic (exact) mass is 451 g/mol. The van der Waals surface area contributed by atoms with Gasteiger partial charge in [-0.25, -0.2) is 0 Å². The summed E-state index contributed by atoms with van der Waals surface area (Å²) in [6.07, 6.45) is 5.67. The Hall–Kier alpha value is -2.86. The molecule has 0 unspecified atom stereocenters. The number of ether oxygens (including phenoxy) is 1. The van der Waals surface area contributed by atoms with Crippen LogP contribution in [0.4, 0.5) is 5.69 Å². The Kier molecular flexibility index (Phi) is 9.76. The Morgan fingerprint density at radius 3 is 2.58 bits per heavy atom. The summed E-state index contributed by atoms with van der Waals surface area (Å²) < 4.78 is 5.65. The average Bonchev–Trinajstić information content (AvgIpc) is 2.82. The van der Waals surface area contributed by atoms with Crippen molar-refractivity contribution in [3.05, 3.63) is 59.7 Å². The maximum Gasteiger partial charge on any atom is 0.251 e. The van der Waals surface area contributed by atoms with Crippen molar-refractivity contribution in [3.63, 3.8) is 0 Å². The van der Waals surface area contributed by atoms with Crippen molar-refractivity contribution in [3.8, 4) is 5.75 Å². The summed E-state index contributed by atoms with van der Waals surface area (Å²) >= 11 is 0. The van der Waals surface area contributed by atoms with Crippen LogP contribution >= 0.6 is 0 Å². The summed E-state index contributed by atoms with van der Waals surface area (Å²) in [4.78, 5) is 27.7. The lowest BCUT2D eigenvalue weighted by Gasteiger charge is -2.28. The summed E-state index contributed by atoms with van der Waals surface area (Å²) in [5.74, 6) is 0.699. The molecule has 33 heavy (non-hydrogen) atoms. The fraction of sp³-hybridized carbons (Fsp3) is 0.481. The van der Waals surface area contributed by atoms with Crippen LogP contribution in [-0.2, 0) is 11.3 Å². The molecule has 2 N–H and O–H groups in total. The van der Waals surface area contributed by atoms with E-state index in [1.807, 2.05) is 67.3 Å². The van der Waals surface area contributed by atoms with E-state index in [0.717, 1.165) is 42.8 Å². The van der Waals surface area contributed by atoms with Gasteiger partial charge in [0, 0.05) is 30.3 Å². The van der Waals surface area contributed by atoms with Crippen molar-refractivity contribution in [1.29, 1.82) is 0 Å². The zero-order valence-corrected chi connectivity index (χ0v) is 19.9. The Labute approximate surface area is 197 Å². The summed E-state index contributed by atoms with van der Waals surface area (Å²) in [6.45, 7) is 6.98. The minimum atomic E-state index is -0.137. The minimum Gasteiger partial charge on any atom is -0.492 e. The molecule has 2 aromatic rings. The van der Waals surface area contributed by atoms with E-state index < -0.39 is 0 Å². The molecular weight excluding hydrogens is 414 g/mol. The largest absolute Gasteiger partial charge is 0.492 e. The molecule has 6 nitrogen and oxygen atoms in total. The maximum atomic E-state index is 13.0. The molecular formula is C27H37N3O3. The molecule has 178 valence electrons. The number of carbonyl (C=O) groups excluding carboxylic acids is 2. The first-order chi connectivity index (χ1) is 16.1. The molecule has 0 atom stereocenters. The Bertz CT molecular complexity index is 899. The van der Waals surface area contributed by atoms with Crippen LogP contribution in [0.1, 0.15) is 61.9 Å². The van der Waals surface area contributed by atoms with E-state index in [0.29, 0.717) is 31.8 Å². The van der Waals surface area contributed by atoms with Gasteiger partial charge in [0.15, 0.2) is 0 Å². The van der Waals surface area contributed by atoms with Crippen LogP contribution in [0, 0.1) is 5.92 Å². The molecule has 6 heteroatoms. The molecule has 0 aromatic heterocycles. The van der Waals surface area contributed by atoms with Crippen molar-refractivity contribution in [2.75, 3.05) is 31.1 Å². The molecule has 0 saturated carbocycles. The average molecular weight is 452 g/mol. The summed E-state index contributed by atoms with van der Waals surface area (Å²) in [5.41, 5.74) is 2.49. The molecule has 1 heterocycles. The van der Waals surface area contributed by atoms with Gasteiger partial charge >= 0.3 is 0 Å². The third-order valence-corrected chi connectivity index (χ3v) is 5.84. The summed E-state index contributed by atoms with van der Waals surface area (Å²) in [7, 11) is 0. The molecule has 1 aliphatic rings.